The SMILES string of the molecule is c1ccc(-c2nc(-c3ccc(-n4c5ccccc5c5c6cccc7c6n(c54)-c4ccccc4S7)cc3)nc(-c3cccc4c3sc3ccccc34)n2)cc1. The Morgan fingerprint density at radius 1 is 0.444 bits per heavy atom. The highest BCUT2D eigenvalue weighted by Crippen LogP contribution is 2.49. The molecule has 7 heteroatoms. The number of hydrogen-bond donors (Lipinski definition) is 0. The zero-order valence-corrected chi connectivity index (χ0v) is 30.3. The van der Waals surface area contributed by atoms with Crippen LogP contribution in [0.25, 0.3) is 98.5 Å². The summed E-state index contributed by atoms with van der Waals surface area (Å²) in [6, 6.07) is 58.1. The third kappa shape index (κ3) is 4.31. The van der Waals surface area contributed by atoms with Gasteiger partial charge in [-0.2, -0.15) is 0 Å². The Balaban J connectivity index is 1.07. The molecule has 0 N–H and O–H groups in total. The summed E-state index contributed by atoms with van der Waals surface area (Å²) in [5.74, 6) is 1.97. The third-order valence-corrected chi connectivity index (χ3v) is 12.9. The molecule has 252 valence electrons. The van der Waals surface area contributed by atoms with Crippen LogP contribution >= 0.6 is 23.1 Å². The van der Waals surface area contributed by atoms with Crippen LogP contribution in [0.1, 0.15) is 0 Å². The summed E-state index contributed by atoms with van der Waals surface area (Å²) in [7, 11) is 0. The molecule has 0 saturated heterocycles. The summed E-state index contributed by atoms with van der Waals surface area (Å²) in [4.78, 5) is 17.9. The fourth-order valence-corrected chi connectivity index (χ4v) is 10.5. The lowest BCUT2D eigenvalue weighted by Crippen LogP contribution is -2.05. The Morgan fingerprint density at radius 3 is 1.96 bits per heavy atom. The smallest absolute Gasteiger partial charge is 0.165 e. The van der Waals surface area contributed by atoms with Gasteiger partial charge in [0.1, 0.15) is 5.65 Å². The fourth-order valence-electron chi connectivity index (χ4n) is 8.21. The quantitative estimate of drug-likeness (QED) is 0.181. The number of nitrogens with zero attached hydrogens (tertiary/aromatic N) is 5. The zero-order chi connectivity index (χ0) is 35.3. The molecular weight excluding hydrogens is 699 g/mol. The van der Waals surface area contributed by atoms with Gasteiger partial charge in [-0.1, -0.05) is 115 Å². The number of fused-ring (bicyclic) bond motifs is 10. The first-order valence-corrected chi connectivity index (χ1v) is 19.6. The van der Waals surface area contributed by atoms with Crippen molar-refractivity contribution in [2.75, 3.05) is 0 Å². The van der Waals surface area contributed by atoms with Crippen molar-refractivity contribution < 1.29 is 0 Å². The summed E-state index contributed by atoms with van der Waals surface area (Å²) in [5, 5.41) is 6.26. The van der Waals surface area contributed by atoms with E-state index < -0.39 is 0 Å². The highest BCUT2D eigenvalue weighted by Gasteiger charge is 2.27. The van der Waals surface area contributed by atoms with E-state index in [0.29, 0.717) is 17.5 Å². The molecule has 0 amide bonds. The van der Waals surface area contributed by atoms with Gasteiger partial charge in [0.2, 0.25) is 0 Å². The van der Waals surface area contributed by atoms with Crippen LogP contribution in [0.5, 0.6) is 0 Å². The van der Waals surface area contributed by atoms with Gasteiger partial charge in [0, 0.05) is 68.5 Å². The van der Waals surface area contributed by atoms with Gasteiger partial charge in [0.25, 0.3) is 0 Å². The van der Waals surface area contributed by atoms with Crippen molar-refractivity contribution in [1.29, 1.82) is 0 Å². The Kier molecular flexibility index (Phi) is 6.37. The standard InChI is InChI=1S/C47H27N5S2/c1-2-12-28(13-3-1)44-48-45(50-46(49-44)35-18-10-16-32-31-14-5-8-21-38(31)54-43(32)35)29-24-26-30(27-25-29)51-36-19-6-4-15-33(36)41-34-17-11-23-40-42(34)52(47(41)51)37-20-7-9-22-39(37)53-40/h1-27H. The third-order valence-electron chi connectivity index (χ3n) is 10.6. The fraction of sp³-hybridized carbons (Fsp3) is 0. The predicted octanol–water partition coefficient (Wildman–Crippen LogP) is 12.7. The van der Waals surface area contributed by atoms with Gasteiger partial charge in [-0.05, 0) is 60.7 Å². The van der Waals surface area contributed by atoms with Gasteiger partial charge in [0.05, 0.1) is 16.7 Å². The molecule has 1 aliphatic heterocycles. The minimum Gasteiger partial charge on any atom is -0.295 e. The van der Waals surface area contributed by atoms with E-state index in [4.69, 9.17) is 15.0 Å². The molecule has 0 fully saturated rings. The highest BCUT2D eigenvalue weighted by molar-refractivity contribution is 7.99. The molecule has 0 unspecified atom stereocenters. The lowest BCUT2D eigenvalue weighted by atomic mass is 10.1. The summed E-state index contributed by atoms with van der Waals surface area (Å²) in [6.45, 7) is 0. The Hall–Kier alpha value is -6.54. The zero-order valence-electron chi connectivity index (χ0n) is 28.6. The Labute approximate surface area is 317 Å². The van der Waals surface area contributed by atoms with Gasteiger partial charge in [-0.25, -0.2) is 15.0 Å². The predicted molar refractivity (Wildman–Crippen MR) is 224 cm³/mol. The van der Waals surface area contributed by atoms with E-state index in [1.807, 2.05) is 30.0 Å². The first kappa shape index (κ1) is 30.0. The maximum atomic E-state index is 5.18. The van der Waals surface area contributed by atoms with Crippen molar-refractivity contribution in [3.8, 4) is 45.5 Å². The van der Waals surface area contributed by atoms with Gasteiger partial charge in [-0.15, -0.1) is 11.3 Å². The van der Waals surface area contributed by atoms with Crippen LogP contribution in [0.3, 0.4) is 0 Å². The molecule has 0 bridgehead atoms. The van der Waals surface area contributed by atoms with E-state index >= 15 is 0 Å². The molecule has 12 rings (SSSR count). The molecule has 0 atom stereocenters. The summed E-state index contributed by atoms with van der Waals surface area (Å²) in [5.41, 5.74) is 8.80. The van der Waals surface area contributed by atoms with Gasteiger partial charge < -0.3 is 0 Å². The molecule has 0 spiro atoms. The second-order valence-corrected chi connectivity index (χ2v) is 15.7. The number of para-hydroxylation sites is 3. The van der Waals surface area contributed by atoms with Gasteiger partial charge in [0.15, 0.2) is 17.5 Å². The largest absolute Gasteiger partial charge is 0.295 e. The van der Waals surface area contributed by atoms with Crippen molar-refractivity contribution in [2.45, 2.75) is 9.79 Å². The molecule has 7 aromatic carbocycles. The highest BCUT2D eigenvalue weighted by atomic mass is 32.2. The minimum absolute atomic E-state index is 0.644. The Morgan fingerprint density at radius 2 is 1.09 bits per heavy atom. The Bertz CT molecular complexity index is 3300. The average molecular weight is 726 g/mol. The van der Waals surface area contributed by atoms with Crippen LogP contribution < -0.4 is 0 Å². The molecule has 0 saturated carbocycles. The average Bonchev–Trinajstić information content (AvgIpc) is 3.90. The van der Waals surface area contributed by atoms with E-state index in [1.165, 1.54) is 68.5 Å². The molecular formula is C47H27N5S2. The maximum Gasteiger partial charge on any atom is 0.165 e. The van der Waals surface area contributed by atoms with Crippen LogP contribution in [0.15, 0.2) is 174 Å². The van der Waals surface area contributed by atoms with Crippen molar-refractivity contribution in [3.05, 3.63) is 164 Å². The van der Waals surface area contributed by atoms with E-state index in [1.54, 1.807) is 11.3 Å². The van der Waals surface area contributed by atoms with E-state index in [2.05, 4.69) is 155 Å². The van der Waals surface area contributed by atoms with Crippen LogP contribution in [0.2, 0.25) is 0 Å². The van der Waals surface area contributed by atoms with Gasteiger partial charge >= 0.3 is 0 Å². The van der Waals surface area contributed by atoms with Crippen molar-refractivity contribution in [1.82, 2.24) is 24.1 Å². The topological polar surface area (TPSA) is 48.5 Å². The molecule has 5 nitrogen and oxygen atoms in total. The molecule has 4 aromatic heterocycles. The van der Waals surface area contributed by atoms with Crippen LogP contribution in [0, 0.1) is 0 Å². The number of hydrogen-bond acceptors (Lipinski definition) is 5. The molecule has 54 heavy (non-hydrogen) atoms. The molecule has 0 radical (unpaired) electrons. The van der Waals surface area contributed by atoms with E-state index in [-0.39, 0.29) is 0 Å². The summed E-state index contributed by atoms with van der Waals surface area (Å²) in [6.07, 6.45) is 0. The van der Waals surface area contributed by atoms with Crippen LogP contribution in [-0.2, 0) is 0 Å². The number of thiophene rings is 1. The number of rotatable bonds is 4. The first-order valence-electron chi connectivity index (χ1n) is 18.0. The number of benzene rings is 7. The lowest BCUT2D eigenvalue weighted by Gasteiger charge is -2.21. The second-order valence-electron chi connectivity index (χ2n) is 13.6. The second kappa shape index (κ2) is 11.5. The monoisotopic (exact) mass is 725 g/mol. The van der Waals surface area contributed by atoms with E-state index in [0.717, 1.165) is 22.4 Å². The maximum absolute atomic E-state index is 5.18. The first-order chi connectivity index (χ1) is 26.8. The van der Waals surface area contributed by atoms with Crippen molar-refractivity contribution >= 4 is 76.1 Å². The molecule has 11 aromatic rings. The van der Waals surface area contributed by atoms with Crippen LogP contribution in [0.4, 0.5) is 0 Å². The number of aromatic nitrogens is 5. The minimum atomic E-state index is 0.644. The molecule has 1 aliphatic rings. The van der Waals surface area contributed by atoms with Crippen molar-refractivity contribution in [3.63, 3.8) is 0 Å². The van der Waals surface area contributed by atoms with Crippen molar-refractivity contribution in [2.24, 2.45) is 0 Å². The molecule has 5 heterocycles. The van der Waals surface area contributed by atoms with Crippen LogP contribution in [-0.4, -0.2) is 24.1 Å². The summed E-state index contributed by atoms with van der Waals surface area (Å²) < 4.78 is 7.32. The normalized spacial score (nSPS) is 12.4. The lowest BCUT2D eigenvalue weighted by molar-refractivity contribution is 1.03. The summed E-state index contributed by atoms with van der Waals surface area (Å²) >= 11 is 3.64. The molecule has 0 aliphatic carbocycles. The van der Waals surface area contributed by atoms with Gasteiger partial charge in [-0.3, -0.25) is 9.13 Å². The van der Waals surface area contributed by atoms with E-state index in [9.17, 15) is 0 Å².